The van der Waals surface area contributed by atoms with Gasteiger partial charge >= 0.3 is 0 Å². The van der Waals surface area contributed by atoms with Crippen molar-refractivity contribution in [3.63, 3.8) is 0 Å². The van der Waals surface area contributed by atoms with Crippen molar-refractivity contribution < 1.29 is 0 Å². The maximum atomic E-state index is 5.90. The first-order valence-electron chi connectivity index (χ1n) is 8.08. The van der Waals surface area contributed by atoms with Gasteiger partial charge in [-0.3, -0.25) is 16.3 Å². The van der Waals surface area contributed by atoms with Gasteiger partial charge in [0.15, 0.2) is 0 Å². The molecule has 1 atom stereocenters. The Kier molecular flexibility index (Phi) is 4.22. The molecule has 0 aliphatic heterocycles. The summed E-state index contributed by atoms with van der Waals surface area (Å²) in [7, 11) is 0. The van der Waals surface area contributed by atoms with E-state index in [9.17, 15) is 0 Å². The van der Waals surface area contributed by atoms with Crippen LogP contribution in [0.15, 0.2) is 36.4 Å². The summed E-state index contributed by atoms with van der Waals surface area (Å²) < 4.78 is 0. The van der Waals surface area contributed by atoms with Crippen molar-refractivity contribution in [3.8, 4) is 0 Å². The summed E-state index contributed by atoms with van der Waals surface area (Å²) in [5, 5.41) is 1.20. The van der Waals surface area contributed by atoms with E-state index in [4.69, 9.17) is 10.8 Å². The van der Waals surface area contributed by atoms with E-state index in [1.165, 1.54) is 37.5 Å². The maximum Gasteiger partial charge on any atom is 0.0705 e. The maximum absolute atomic E-state index is 5.90. The Morgan fingerprint density at radius 2 is 1.95 bits per heavy atom. The van der Waals surface area contributed by atoms with Gasteiger partial charge in [0.05, 0.1) is 5.52 Å². The van der Waals surface area contributed by atoms with Gasteiger partial charge in [-0.05, 0) is 36.8 Å². The third-order valence-electron chi connectivity index (χ3n) is 5.31. The van der Waals surface area contributed by atoms with Gasteiger partial charge in [0.2, 0.25) is 0 Å². The number of hydrogen-bond acceptors (Lipinski definition) is 3. The highest BCUT2D eigenvalue weighted by Crippen LogP contribution is 2.44. The number of nitrogens with one attached hydrogen (secondary N) is 1. The fraction of sp³-hybridized carbons (Fsp3) is 0.500. The number of rotatable bonds is 5. The minimum Gasteiger partial charge on any atom is -0.271 e. The highest BCUT2D eigenvalue weighted by molar-refractivity contribution is 5.78. The summed E-state index contributed by atoms with van der Waals surface area (Å²) >= 11 is 0. The molecule has 112 valence electrons. The Bertz CT molecular complexity index is 602. The Labute approximate surface area is 126 Å². The van der Waals surface area contributed by atoms with Crippen LogP contribution < -0.4 is 11.3 Å². The van der Waals surface area contributed by atoms with Crippen molar-refractivity contribution in [2.24, 2.45) is 11.3 Å². The molecule has 3 rings (SSSR count). The third-order valence-corrected chi connectivity index (χ3v) is 5.31. The Balaban J connectivity index is 1.85. The van der Waals surface area contributed by atoms with Gasteiger partial charge < -0.3 is 0 Å². The van der Waals surface area contributed by atoms with E-state index in [1.807, 2.05) is 6.07 Å². The lowest BCUT2D eigenvalue weighted by atomic mass is 9.74. The van der Waals surface area contributed by atoms with Gasteiger partial charge in [-0.1, -0.05) is 44.0 Å². The predicted molar refractivity (Wildman–Crippen MR) is 87.8 cm³/mol. The van der Waals surface area contributed by atoms with Crippen molar-refractivity contribution >= 4 is 10.9 Å². The number of nitrogens with zero attached hydrogens (tertiary/aromatic N) is 1. The predicted octanol–water partition coefficient (Wildman–Crippen LogP) is 3.58. The number of nitrogens with two attached hydrogens (primary N) is 1. The molecule has 0 radical (unpaired) electrons. The number of pyridine rings is 1. The van der Waals surface area contributed by atoms with E-state index in [-0.39, 0.29) is 0 Å². The molecule has 1 saturated carbocycles. The molecule has 0 saturated heterocycles. The summed E-state index contributed by atoms with van der Waals surface area (Å²) in [6, 6.07) is 12.9. The lowest BCUT2D eigenvalue weighted by Gasteiger charge is -2.36. The fourth-order valence-corrected chi connectivity index (χ4v) is 3.91. The van der Waals surface area contributed by atoms with Crippen molar-refractivity contribution in [1.29, 1.82) is 0 Å². The Morgan fingerprint density at radius 3 is 2.67 bits per heavy atom. The quantitative estimate of drug-likeness (QED) is 0.651. The second-order valence-corrected chi connectivity index (χ2v) is 6.34. The second-order valence-electron chi connectivity index (χ2n) is 6.34. The molecule has 2 aromatic rings. The molecule has 3 N–H and O–H groups in total. The summed E-state index contributed by atoms with van der Waals surface area (Å²) in [6.07, 6.45) is 7.33. The van der Waals surface area contributed by atoms with E-state index >= 15 is 0 Å². The van der Waals surface area contributed by atoms with E-state index in [1.54, 1.807) is 0 Å². The first-order chi connectivity index (χ1) is 10.3. The molecule has 1 fully saturated rings. The molecular formula is C18H25N3. The summed E-state index contributed by atoms with van der Waals surface area (Å²) in [5.41, 5.74) is 5.65. The number of benzene rings is 1. The van der Waals surface area contributed by atoms with Gasteiger partial charge in [-0.2, -0.15) is 0 Å². The molecule has 1 aliphatic carbocycles. The molecule has 1 heterocycles. The smallest absolute Gasteiger partial charge is 0.0705 e. The number of hydrogen-bond donors (Lipinski definition) is 2. The Hall–Kier alpha value is -1.45. The monoisotopic (exact) mass is 283 g/mol. The van der Waals surface area contributed by atoms with Crippen LogP contribution in [-0.2, 0) is 6.42 Å². The number of aromatic nitrogens is 1. The molecule has 21 heavy (non-hydrogen) atoms. The first kappa shape index (κ1) is 14.5. The van der Waals surface area contributed by atoms with Gasteiger partial charge in [-0.15, -0.1) is 0 Å². The summed E-state index contributed by atoms with van der Waals surface area (Å²) in [6.45, 7) is 2.30. The second kappa shape index (κ2) is 6.12. The molecular weight excluding hydrogens is 258 g/mol. The van der Waals surface area contributed by atoms with Crippen molar-refractivity contribution in [2.75, 3.05) is 0 Å². The molecule has 1 unspecified atom stereocenters. The normalized spacial score (nSPS) is 19.0. The van der Waals surface area contributed by atoms with Crippen molar-refractivity contribution in [3.05, 3.63) is 42.1 Å². The molecule has 3 heteroatoms. The van der Waals surface area contributed by atoms with Crippen LogP contribution in [0, 0.1) is 5.41 Å². The van der Waals surface area contributed by atoms with Crippen LogP contribution in [0.25, 0.3) is 10.9 Å². The van der Waals surface area contributed by atoms with Crippen LogP contribution in [0.1, 0.15) is 44.7 Å². The Morgan fingerprint density at radius 1 is 1.19 bits per heavy atom. The molecule has 1 aliphatic rings. The van der Waals surface area contributed by atoms with Gasteiger partial charge in [0.1, 0.15) is 0 Å². The van der Waals surface area contributed by atoms with Crippen LogP contribution in [-0.4, -0.2) is 11.0 Å². The average molecular weight is 283 g/mol. The highest BCUT2D eigenvalue weighted by Gasteiger charge is 2.39. The standard InChI is InChI=1S/C18H25N3/c1-2-18(11-5-6-12-18)17(21-19)13-15-10-9-14-7-3-4-8-16(14)20-15/h3-4,7-10,17,21H,2,5-6,11-13,19H2,1H3. The van der Waals surface area contributed by atoms with E-state index in [0.29, 0.717) is 11.5 Å². The van der Waals surface area contributed by atoms with Crippen molar-refractivity contribution in [1.82, 2.24) is 10.4 Å². The van der Waals surface area contributed by atoms with Gasteiger partial charge in [0, 0.05) is 23.5 Å². The highest BCUT2D eigenvalue weighted by atomic mass is 15.2. The largest absolute Gasteiger partial charge is 0.271 e. The van der Waals surface area contributed by atoms with Crippen LogP contribution in [0.2, 0.25) is 0 Å². The zero-order valence-electron chi connectivity index (χ0n) is 12.8. The van der Waals surface area contributed by atoms with Crippen LogP contribution in [0.5, 0.6) is 0 Å². The van der Waals surface area contributed by atoms with E-state index < -0.39 is 0 Å². The van der Waals surface area contributed by atoms with E-state index in [0.717, 1.165) is 17.6 Å². The zero-order chi connectivity index (χ0) is 14.7. The molecule has 0 spiro atoms. The lowest BCUT2D eigenvalue weighted by molar-refractivity contribution is 0.184. The fourth-order valence-electron chi connectivity index (χ4n) is 3.91. The van der Waals surface area contributed by atoms with E-state index in [2.05, 4.69) is 42.7 Å². The van der Waals surface area contributed by atoms with Crippen molar-refractivity contribution in [2.45, 2.75) is 51.5 Å². The summed E-state index contributed by atoms with van der Waals surface area (Å²) in [4.78, 5) is 4.80. The molecule has 0 bridgehead atoms. The van der Waals surface area contributed by atoms with Gasteiger partial charge in [0.25, 0.3) is 0 Å². The van der Waals surface area contributed by atoms with Crippen LogP contribution in [0.4, 0.5) is 0 Å². The molecule has 1 aromatic carbocycles. The number of hydrazine groups is 1. The molecule has 0 amide bonds. The number of para-hydroxylation sites is 1. The minimum atomic E-state index is 0.318. The number of fused-ring (bicyclic) bond motifs is 1. The molecule has 1 aromatic heterocycles. The first-order valence-corrected chi connectivity index (χ1v) is 8.08. The zero-order valence-corrected chi connectivity index (χ0v) is 12.8. The van der Waals surface area contributed by atoms with Crippen LogP contribution in [0.3, 0.4) is 0 Å². The van der Waals surface area contributed by atoms with Crippen LogP contribution >= 0.6 is 0 Å². The molecule has 3 nitrogen and oxygen atoms in total. The summed E-state index contributed by atoms with van der Waals surface area (Å²) in [5.74, 6) is 5.90. The lowest BCUT2D eigenvalue weighted by Crippen LogP contribution is -2.48. The van der Waals surface area contributed by atoms with Gasteiger partial charge in [-0.25, -0.2) is 0 Å². The third kappa shape index (κ3) is 2.81. The topological polar surface area (TPSA) is 50.9 Å². The average Bonchev–Trinajstić information content (AvgIpc) is 3.02. The minimum absolute atomic E-state index is 0.318. The SMILES string of the molecule is CCC1(C(Cc2ccc3ccccc3n2)NN)CCCC1.